The van der Waals surface area contributed by atoms with Crippen LogP contribution in [0.1, 0.15) is 19.4 Å². The van der Waals surface area contributed by atoms with E-state index in [1.807, 2.05) is 6.20 Å². The fourth-order valence-electron chi connectivity index (χ4n) is 3.25. The van der Waals surface area contributed by atoms with E-state index in [0.29, 0.717) is 11.9 Å². The van der Waals surface area contributed by atoms with Crippen molar-refractivity contribution in [1.82, 2.24) is 9.88 Å². The molecule has 0 bridgehead atoms. The molecule has 21 heavy (non-hydrogen) atoms. The molecule has 1 aliphatic heterocycles. The van der Waals surface area contributed by atoms with Crippen molar-refractivity contribution in [2.45, 2.75) is 25.8 Å². The molecule has 0 radical (unpaired) electrons. The van der Waals surface area contributed by atoms with Gasteiger partial charge < -0.3 is 4.90 Å². The lowest BCUT2D eigenvalue weighted by Crippen LogP contribution is -2.52. The van der Waals surface area contributed by atoms with Crippen molar-refractivity contribution >= 4 is 28.2 Å². The summed E-state index contributed by atoms with van der Waals surface area (Å²) in [5.41, 5.74) is 1.11. The molecule has 4 heteroatoms. The van der Waals surface area contributed by atoms with E-state index in [9.17, 15) is 0 Å². The van der Waals surface area contributed by atoms with Gasteiger partial charge in [-0.25, -0.2) is 4.98 Å². The van der Waals surface area contributed by atoms with Gasteiger partial charge in [-0.1, -0.05) is 31.2 Å². The van der Waals surface area contributed by atoms with Gasteiger partial charge in [0.25, 0.3) is 0 Å². The van der Waals surface area contributed by atoms with Crippen molar-refractivity contribution in [2.75, 3.05) is 31.1 Å². The maximum absolute atomic E-state index is 6.04. The number of hydrogen-bond donors (Lipinski definition) is 0. The van der Waals surface area contributed by atoms with E-state index in [2.05, 4.69) is 47.9 Å². The minimum absolute atomic E-state index is 0.508. The Morgan fingerprint density at radius 1 is 1.24 bits per heavy atom. The minimum Gasteiger partial charge on any atom is -0.353 e. The van der Waals surface area contributed by atoms with Gasteiger partial charge in [0.1, 0.15) is 5.82 Å². The zero-order chi connectivity index (χ0) is 14.8. The first kappa shape index (κ1) is 14.6. The van der Waals surface area contributed by atoms with Crippen molar-refractivity contribution in [3.63, 3.8) is 0 Å². The molecule has 112 valence electrons. The van der Waals surface area contributed by atoms with Crippen molar-refractivity contribution in [3.05, 3.63) is 36.0 Å². The van der Waals surface area contributed by atoms with Crippen molar-refractivity contribution in [1.29, 1.82) is 0 Å². The van der Waals surface area contributed by atoms with Gasteiger partial charge >= 0.3 is 0 Å². The average Bonchev–Trinajstić information content (AvgIpc) is 2.53. The predicted octanol–water partition coefficient (Wildman–Crippen LogP) is 3.50. The lowest BCUT2D eigenvalue weighted by molar-refractivity contribution is 0.199. The van der Waals surface area contributed by atoms with E-state index >= 15 is 0 Å². The summed E-state index contributed by atoms with van der Waals surface area (Å²) in [4.78, 5) is 9.64. The Morgan fingerprint density at radius 2 is 2.00 bits per heavy atom. The molecule has 1 fully saturated rings. The summed E-state index contributed by atoms with van der Waals surface area (Å²) in [6.07, 6.45) is 1.93. The second-order valence-corrected chi connectivity index (χ2v) is 5.98. The van der Waals surface area contributed by atoms with Crippen LogP contribution in [-0.2, 0) is 5.88 Å². The molecule has 1 unspecified atom stereocenters. The van der Waals surface area contributed by atoms with Crippen molar-refractivity contribution in [3.8, 4) is 0 Å². The predicted molar refractivity (Wildman–Crippen MR) is 90.2 cm³/mol. The highest BCUT2D eigenvalue weighted by atomic mass is 35.5. The first-order chi connectivity index (χ1) is 10.2. The molecule has 1 aromatic carbocycles. The molecule has 3 nitrogen and oxygen atoms in total. The van der Waals surface area contributed by atoms with Crippen molar-refractivity contribution < 1.29 is 0 Å². The van der Waals surface area contributed by atoms with Crippen LogP contribution in [0, 0.1) is 0 Å². The molecule has 0 spiro atoms. The second-order valence-electron chi connectivity index (χ2n) is 5.71. The molecule has 1 aliphatic rings. The Balaban J connectivity index is 1.98. The molecule has 3 rings (SSSR count). The first-order valence-electron chi connectivity index (χ1n) is 7.66. The Labute approximate surface area is 131 Å². The lowest BCUT2D eigenvalue weighted by Gasteiger charge is -2.40. The van der Waals surface area contributed by atoms with Crippen LogP contribution in [0.15, 0.2) is 30.5 Å². The van der Waals surface area contributed by atoms with Crippen LogP contribution in [0.25, 0.3) is 10.8 Å². The third-order valence-electron chi connectivity index (χ3n) is 4.47. The molecule has 1 saturated heterocycles. The minimum atomic E-state index is 0.508. The quantitative estimate of drug-likeness (QED) is 0.809. The highest BCUT2D eigenvalue weighted by Gasteiger charge is 2.24. The Bertz CT molecular complexity index is 628. The van der Waals surface area contributed by atoms with E-state index in [1.165, 1.54) is 10.8 Å². The van der Waals surface area contributed by atoms with E-state index in [-0.39, 0.29) is 0 Å². The Hall–Kier alpha value is -1.32. The van der Waals surface area contributed by atoms with Gasteiger partial charge in [-0.2, -0.15) is 0 Å². The van der Waals surface area contributed by atoms with Crippen LogP contribution in [0.3, 0.4) is 0 Å². The number of rotatable bonds is 3. The summed E-state index contributed by atoms with van der Waals surface area (Å²) >= 11 is 6.04. The summed E-state index contributed by atoms with van der Waals surface area (Å²) in [5, 5.41) is 2.44. The van der Waals surface area contributed by atoms with E-state index in [0.717, 1.165) is 37.6 Å². The van der Waals surface area contributed by atoms with Crippen molar-refractivity contribution in [2.24, 2.45) is 0 Å². The van der Waals surface area contributed by atoms with E-state index in [4.69, 9.17) is 16.6 Å². The molecular formula is C17H22ClN3. The molecule has 0 aliphatic carbocycles. The number of likely N-dealkylation sites (N-methyl/N-ethyl adjacent to an activating group) is 1. The summed E-state index contributed by atoms with van der Waals surface area (Å²) in [5.74, 6) is 1.61. The van der Waals surface area contributed by atoms with Gasteiger partial charge in [-0.05, 0) is 24.4 Å². The van der Waals surface area contributed by atoms with Crippen LogP contribution in [0.2, 0.25) is 0 Å². The highest BCUT2D eigenvalue weighted by Crippen LogP contribution is 2.29. The van der Waals surface area contributed by atoms with Crippen LogP contribution in [0.4, 0.5) is 5.82 Å². The van der Waals surface area contributed by atoms with Gasteiger partial charge in [0.2, 0.25) is 0 Å². The third kappa shape index (κ3) is 2.72. The van der Waals surface area contributed by atoms with Crippen LogP contribution < -0.4 is 4.90 Å². The van der Waals surface area contributed by atoms with E-state index < -0.39 is 0 Å². The summed E-state index contributed by atoms with van der Waals surface area (Å²) in [6.45, 7) is 8.82. The molecule has 2 aromatic rings. The molecule has 0 saturated carbocycles. The molecule has 1 atom stereocenters. The number of aromatic nitrogens is 1. The number of nitrogens with zero attached hydrogens (tertiary/aromatic N) is 3. The van der Waals surface area contributed by atoms with Gasteiger partial charge in [-0.15, -0.1) is 11.6 Å². The maximum atomic E-state index is 6.04. The largest absolute Gasteiger partial charge is 0.353 e. The number of fused-ring (bicyclic) bond motifs is 1. The van der Waals surface area contributed by atoms with E-state index in [1.54, 1.807) is 0 Å². The zero-order valence-corrected chi connectivity index (χ0v) is 13.5. The second kappa shape index (κ2) is 6.20. The first-order valence-corrected chi connectivity index (χ1v) is 8.19. The highest BCUT2D eigenvalue weighted by molar-refractivity contribution is 6.18. The van der Waals surface area contributed by atoms with Crippen LogP contribution in [0.5, 0.6) is 0 Å². The van der Waals surface area contributed by atoms with Gasteiger partial charge in [-0.3, -0.25) is 4.90 Å². The number of benzene rings is 1. The molecule has 0 amide bonds. The zero-order valence-electron chi connectivity index (χ0n) is 12.7. The standard InChI is InChI=1S/C17H22ClN3/c1-3-20-8-9-21(12-13(20)2)17-16-7-5-4-6-15(16)14(10-18)11-19-17/h4-7,11,13H,3,8-10,12H2,1-2H3. The lowest BCUT2D eigenvalue weighted by atomic mass is 10.1. The summed E-state index contributed by atoms with van der Waals surface area (Å²) in [6, 6.07) is 9.02. The fraction of sp³-hybridized carbons (Fsp3) is 0.471. The topological polar surface area (TPSA) is 19.4 Å². The SMILES string of the molecule is CCN1CCN(c2ncc(CCl)c3ccccc23)CC1C. The maximum Gasteiger partial charge on any atom is 0.136 e. The molecule has 2 heterocycles. The number of piperazine rings is 1. The molecule has 0 N–H and O–H groups in total. The summed E-state index contributed by atoms with van der Waals surface area (Å²) < 4.78 is 0. The smallest absolute Gasteiger partial charge is 0.136 e. The number of halogens is 1. The van der Waals surface area contributed by atoms with Gasteiger partial charge in [0, 0.05) is 43.1 Å². The Kier molecular flexibility index (Phi) is 4.32. The number of pyridine rings is 1. The third-order valence-corrected chi connectivity index (χ3v) is 4.76. The fourth-order valence-corrected chi connectivity index (χ4v) is 3.47. The average molecular weight is 304 g/mol. The molecule has 1 aromatic heterocycles. The summed E-state index contributed by atoms with van der Waals surface area (Å²) in [7, 11) is 0. The normalized spacial score (nSPS) is 20.1. The number of anilines is 1. The number of alkyl halides is 1. The monoisotopic (exact) mass is 303 g/mol. The number of hydrogen-bond acceptors (Lipinski definition) is 3. The van der Waals surface area contributed by atoms with Crippen LogP contribution >= 0.6 is 11.6 Å². The van der Waals surface area contributed by atoms with Gasteiger partial charge in [0.15, 0.2) is 0 Å². The molecular weight excluding hydrogens is 282 g/mol. The van der Waals surface area contributed by atoms with Crippen LogP contribution in [-0.4, -0.2) is 42.1 Å². The Morgan fingerprint density at radius 3 is 2.67 bits per heavy atom. The van der Waals surface area contributed by atoms with Gasteiger partial charge in [0.05, 0.1) is 0 Å².